The molecule has 1 amide bonds. The maximum atomic E-state index is 11.9. The third-order valence-corrected chi connectivity index (χ3v) is 4.39. The number of fused-ring (bicyclic) bond motifs is 1. The highest BCUT2D eigenvalue weighted by molar-refractivity contribution is 7.13. The Balaban J connectivity index is 1.60. The molecule has 0 aromatic carbocycles. The van der Waals surface area contributed by atoms with Crippen LogP contribution in [0.15, 0.2) is 5.38 Å². The number of ether oxygens (including phenoxy) is 1. The highest BCUT2D eigenvalue weighted by Gasteiger charge is 2.45. The average Bonchev–Trinajstić information content (AvgIpc) is 2.92. The number of thiazole rings is 1. The second-order valence-corrected chi connectivity index (χ2v) is 5.32. The molecular weight excluding hydrogens is 238 g/mol. The van der Waals surface area contributed by atoms with E-state index in [1.165, 1.54) is 11.3 Å². The smallest absolute Gasteiger partial charge is 0.271 e. The van der Waals surface area contributed by atoms with E-state index >= 15 is 0 Å². The largest absolute Gasteiger partial charge is 0.378 e. The Morgan fingerprint density at radius 1 is 1.65 bits per heavy atom. The van der Waals surface area contributed by atoms with Gasteiger partial charge in [-0.25, -0.2) is 4.98 Å². The third kappa shape index (κ3) is 1.91. The van der Waals surface area contributed by atoms with Gasteiger partial charge in [0.25, 0.3) is 5.91 Å². The molecule has 17 heavy (non-hydrogen) atoms. The van der Waals surface area contributed by atoms with Crippen LogP contribution in [-0.4, -0.2) is 36.7 Å². The number of nitrogens with one attached hydrogen (secondary N) is 2. The first-order chi connectivity index (χ1) is 8.28. The SMILES string of the molecule is CNc1nc(C(=O)N[C@@H]2C[C@H]3OCC[C@@H]23)cs1. The second-order valence-electron chi connectivity index (χ2n) is 4.47. The molecule has 2 aliphatic rings. The van der Waals surface area contributed by atoms with Crippen molar-refractivity contribution in [3.05, 3.63) is 11.1 Å². The number of hydrogen-bond acceptors (Lipinski definition) is 5. The Bertz CT molecular complexity index is 434. The van der Waals surface area contributed by atoms with Crippen molar-refractivity contribution in [2.75, 3.05) is 19.0 Å². The van der Waals surface area contributed by atoms with Gasteiger partial charge in [-0.05, 0) is 12.8 Å². The number of amides is 1. The lowest BCUT2D eigenvalue weighted by molar-refractivity contribution is 0.00803. The summed E-state index contributed by atoms with van der Waals surface area (Å²) in [5.41, 5.74) is 0.502. The van der Waals surface area contributed by atoms with Crippen LogP contribution in [0.3, 0.4) is 0 Å². The Kier molecular flexibility index (Phi) is 2.76. The fourth-order valence-electron chi connectivity index (χ4n) is 2.50. The van der Waals surface area contributed by atoms with Crippen molar-refractivity contribution < 1.29 is 9.53 Å². The lowest BCUT2D eigenvalue weighted by Gasteiger charge is -2.39. The van der Waals surface area contributed by atoms with Crippen molar-refractivity contribution in [1.82, 2.24) is 10.3 Å². The molecule has 1 aromatic rings. The minimum absolute atomic E-state index is 0.0712. The molecule has 1 saturated carbocycles. The van der Waals surface area contributed by atoms with Gasteiger partial charge in [-0.1, -0.05) is 0 Å². The number of nitrogens with zero attached hydrogens (tertiary/aromatic N) is 1. The minimum atomic E-state index is -0.0712. The summed E-state index contributed by atoms with van der Waals surface area (Å²) in [4.78, 5) is 16.1. The van der Waals surface area contributed by atoms with Gasteiger partial charge < -0.3 is 15.4 Å². The van der Waals surface area contributed by atoms with Gasteiger partial charge in [-0.15, -0.1) is 11.3 Å². The number of hydrogen-bond donors (Lipinski definition) is 2. The quantitative estimate of drug-likeness (QED) is 0.846. The number of carbonyl (C=O) groups is 1. The molecule has 1 aliphatic carbocycles. The van der Waals surface area contributed by atoms with Gasteiger partial charge >= 0.3 is 0 Å². The van der Waals surface area contributed by atoms with Crippen molar-refractivity contribution in [2.24, 2.45) is 5.92 Å². The predicted octanol–water partition coefficient (Wildman–Crippen LogP) is 1.09. The van der Waals surface area contributed by atoms with Crippen molar-refractivity contribution >= 4 is 22.4 Å². The number of anilines is 1. The molecule has 0 unspecified atom stereocenters. The zero-order valence-corrected chi connectivity index (χ0v) is 10.4. The van der Waals surface area contributed by atoms with Crippen LogP contribution in [0.4, 0.5) is 5.13 Å². The molecule has 2 fully saturated rings. The summed E-state index contributed by atoms with van der Waals surface area (Å²) in [6.45, 7) is 0.836. The van der Waals surface area contributed by atoms with Crippen LogP contribution in [-0.2, 0) is 4.74 Å². The molecular formula is C11H15N3O2S. The number of carbonyl (C=O) groups excluding carboxylic acids is 1. The van der Waals surface area contributed by atoms with Gasteiger partial charge in [0.2, 0.25) is 0 Å². The zero-order chi connectivity index (χ0) is 11.8. The van der Waals surface area contributed by atoms with E-state index in [0.717, 1.165) is 24.6 Å². The molecule has 0 radical (unpaired) electrons. The summed E-state index contributed by atoms with van der Waals surface area (Å²) in [5, 5.41) is 8.52. The fourth-order valence-corrected chi connectivity index (χ4v) is 3.15. The predicted molar refractivity (Wildman–Crippen MR) is 65.4 cm³/mol. The van der Waals surface area contributed by atoms with Gasteiger partial charge in [0, 0.05) is 31.0 Å². The molecule has 92 valence electrons. The summed E-state index contributed by atoms with van der Waals surface area (Å²) in [6, 6.07) is 0.273. The van der Waals surface area contributed by atoms with E-state index in [0.29, 0.717) is 17.7 Å². The van der Waals surface area contributed by atoms with Gasteiger partial charge in [0.1, 0.15) is 5.69 Å². The van der Waals surface area contributed by atoms with Crippen LogP contribution in [0.25, 0.3) is 0 Å². The highest BCUT2D eigenvalue weighted by atomic mass is 32.1. The minimum Gasteiger partial charge on any atom is -0.378 e. The standard InChI is InChI=1S/C11H15N3O2S/c1-12-11-14-8(5-17-11)10(15)13-7-4-9-6(7)2-3-16-9/h5-7,9H,2-4H2,1H3,(H,12,14)(H,13,15)/t6-,7+,9+/m0/s1. The van der Waals surface area contributed by atoms with E-state index in [1.807, 2.05) is 0 Å². The number of rotatable bonds is 3. The monoisotopic (exact) mass is 253 g/mol. The fraction of sp³-hybridized carbons (Fsp3) is 0.636. The Labute approximate surface area is 104 Å². The Hall–Kier alpha value is -1.14. The number of aromatic nitrogens is 1. The van der Waals surface area contributed by atoms with E-state index in [9.17, 15) is 4.79 Å². The van der Waals surface area contributed by atoms with Crippen molar-refractivity contribution in [3.63, 3.8) is 0 Å². The summed E-state index contributed by atoms with van der Waals surface area (Å²) in [7, 11) is 1.80. The molecule has 3 rings (SSSR count). The average molecular weight is 253 g/mol. The molecule has 3 atom stereocenters. The molecule has 1 aliphatic heterocycles. The van der Waals surface area contributed by atoms with Gasteiger partial charge in [0.05, 0.1) is 6.10 Å². The van der Waals surface area contributed by atoms with Crippen LogP contribution in [0, 0.1) is 5.92 Å². The van der Waals surface area contributed by atoms with Gasteiger partial charge in [-0.3, -0.25) is 4.79 Å². The lowest BCUT2D eigenvalue weighted by atomic mass is 9.76. The first-order valence-corrected chi connectivity index (χ1v) is 6.71. The van der Waals surface area contributed by atoms with Gasteiger partial charge in [0.15, 0.2) is 5.13 Å². The van der Waals surface area contributed by atoms with Gasteiger partial charge in [-0.2, -0.15) is 0 Å². The summed E-state index contributed by atoms with van der Waals surface area (Å²) in [6.07, 6.45) is 2.39. The maximum absolute atomic E-state index is 11.9. The van der Waals surface area contributed by atoms with Crippen LogP contribution in [0.1, 0.15) is 23.3 Å². The summed E-state index contributed by atoms with van der Waals surface area (Å²) >= 11 is 1.44. The van der Waals surface area contributed by atoms with Crippen LogP contribution >= 0.6 is 11.3 Å². The van der Waals surface area contributed by atoms with Crippen molar-refractivity contribution in [2.45, 2.75) is 25.0 Å². The molecule has 0 spiro atoms. The summed E-state index contributed by atoms with van der Waals surface area (Å²) < 4.78 is 5.52. The molecule has 1 aromatic heterocycles. The topological polar surface area (TPSA) is 63.2 Å². The van der Waals surface area contributed by atoms with E-state index in [4.69, 9.17) is 4.74 Å². The van der Waals surface area contributed by atoms with E-state index in [2.05, 4.69) is 15.6 Å². The van der Waals surface area contributed by atoms with Crippen LogP contribution in [0.2, 0.25) is 0 Å². The molecule has 1 saturated heterocycles. The lowest BCUT2D eigenvalue weighted by Crippen LogP contribution is -2.53. The van der Waals surface area contributed by atoms with Crippen molar-refractivity contribution in [1.29, 1.82) is 0 Å². The molecule has 5 nitrogen and oxygen atoms in total. The molecule has 2 N–H and O–H groups in total. The summed E-state index contributed by atoms with van der Waals surface area (Å²) in [5.74, 6) is 0.444. The van der Waals surface area contributed by atoms with Crippen LogP contribution in [0.5, 0.6) is 0 Å². The van der Waals surface area contributed by atoms with Crippen molar-refractivity contribution in [3.8, 4) is 0 Å². The molecule has 2 heterocycles. The molecule has 6 heteroatoms. The van der Waals surface area contributed by atoms with E-state index in [-0.39, 0.29) is 11.9 Å². The van der Waals surface area contributed by atoms with E-state index in [1.54, 1.807) is 12.4 Å². The first kappa shape index (κ1) is 11.0. The third-order valence-electron chi connectivity index (χ3n) is 3.53. The zero-order valence-electron chi connectivity index (χ0n) is 9.60. The Morgan fingerprint density at radius 3 is 3.24 bits per heavy atom. The van der Waals surface area contributed by atoms with Crippen LogP contribution < -0.4 is 10.6 Å². The Morgan fingerprint density at radius 2 is 2.53 bits per heavy atom. The van der Waals surface area contributed by atoms with E-state index < -0.39 is 0 Å². The maximum Gasteiger partial charge on any atom is 0.271 e. The second kappa shape index (κ2) is 4.27. The first-order valence-electron chi connectivity index (χ1n) is 5.83. The molecule has 0 bridgehead atoms. The normalized spacial score (nSPS) is 30.5. The highest BCUT2D eigenvalue weighted by Crippen LogP contribution is 2.38.